The Hall–Kier alpha value is -7.75. The van der Waals surface area contributed by atoms with E-state index in [1.54, 1.807) is 139 Å². The van der Waals surface area contributed by atoms with Crippen LogP contribution in [0.25, 0.3) is 0 Å². The molecule has 6 fully saturated rings. The highest BCUT2D eigenvalue weighted by molar-refractivity contribution is 6.74. The van der Waals surface area contributed by atoms with Crippen molar-refractivity contribution in [3.05, 3.63) is 94.1 Å². The molecular formula is C98H150N2O30Si2. The van der Waals surface area contributed by atoms with E-state index in [2.05, 4.69) is 31.4 Å². The fourth-order valence-electron chi connectivity index (χ4n) is 22.6. The fourth-order valence-corrected chi connectivity index (χ4v) is 28.3. The first kappa shape index (κ1) is 108. The smallest absolute Gasteiger partial charge is 0.407 e. The Labute approximate surface area is 780 Å². The van der Waals surface area contributed by atoms with Gasteiger partial charge in [-0.2, -0.15) is 0 Å². The Morgan fingerprint density at radius 2 is 0.856 bits per heavy atom. The van der Waals surface area contributed by atoms with E-state index in [4.69, 9.17) is 65.7 Å². The third-order valence-corrected chi connectivity index (χ3v) is 39.3. The van der Waals surface area contributed by atoms with Gasteiger partial charge in [-0.3, -0.25) is 19.2 Å². The van der Waals surface area contributed by atoms with E-state index in [0.29, 0.717) is 30.1 Å². The lowest BCUT2D eigenvalue weighted by Gasteiger charge is -2.70. The van der Waals surface area contributed by atoms with Crippen LogP contribution in [0.2, 0.25) is 36.3 Å². The largest absolute Gasteiger partial charge is 0.456 e. The minimum atomic E-state index is -2.67. The van der Waals surface area contributed by atoms with E-state index in [9.17, 15) is 73.8 Å². The quantitative estimate of drug-likeness (QED) is 0.0156. The van der Waals surface area contributed by atoms with E-state index >= 15 is 4.79 Å². The molecule has 740 valence electrons. The van der Waals surface area contributed by atoms with Crippen LogP contribution in [0.4, 0.5) is 9.59 Å². The summed E-state index contributed by atoms with van der Waals surface area (Å²) in [6, 6.07) is 18.3. The number of aliphatic hydroxyl groups is 6. The summed E-state index contributed by atoms with van der Waals surface area (Å²) in [6.45, 7) is 47.8. The summed E-state index contributed by atoms with van der Waals surface area (Å²) in [4.78, 5) is 138. The van der Waals surface area contributed by atoms with Gasteiger partial charge in [0.1, 0.15) is 71.2 Å². The van der Waals surface area contributed by atoms with Gasteiger partial charge < -0.3 is 107 Å². The zero-order chi connectivity index (χ0) is 99.1. The number of carbonyl (C=O) groups excluding carboxylic acids is 10. The summed E-state index contributed by atoms with van der Waals surface area (Å²) < 4.78 is 88.5. The normalized spacial score (nSPS) is 32.5. The number of carbonyl (C=O) groups is 10. The molecule has 2 heterocycles. The van der Waals surface area contributed by atoms with Crippen LogP contribution in [-0.4, -0.2) is 252 Å². The number of aliphatic hydroxyl groups excluding tert-OH is 4. The van der Waals surface area contributed by atoms with Gasteiger partial charge in [-0.1, -0.05) is 147 Å². The van der Waals surface area contributed by atoms with Crippen molar-refractivity contribution in [1.82, 2.24) is 10.6 Å². The molecule has 24 atom stereocenters. The first-order valence-corrected chi connectivity index (χ1v) is 52.0. The molecule has 8 aliphatic rings. The van der Waals surface area contributed by atoms with Crippen molar-refractivity contribution >= 4 is 76.6 Å². The number of hydrogen-bond donors (Lipinski definition) is 8. The molecule has 8 N–H and O–H groups in total. The number of amides is 2. The molecule has 2 aliphatic heterocycles. The molecule has 0 spiro atoms. The maximum absolute atomic E-state index is 15.5. The molecule has 34 heteroatoms. The second kappa shape index (κ2) is 40.9. The lowest BCUT2D eigenvalue weighted by Crippen LogP contribution is -2.83. The third-order valence-electron chi connectivity index (χ3n) is 30.0. The number of rotatable bonds is 30. The summed E-state index contributed by atoms with van der Waals surface area (Å²) in [6.07, 6.45) is -22.2. The highest BCUT2D eigenvalue weighted by Crippen LogP contribution is 2.69. The van der Waals surface area contributed by atoms with Gasteiger partial charge in [-0.15, -0.1) is 0 Å². The maximum Gasteiger partial charge on any atom is 0.407 e. The summed E-state index contributed by atoms with van der Waals surface area (Å²) >= 11 is 0. The monoisotopic (exact) mass is 1890 g/mol. The molecule has 132 heavy (non-hydrogen) atoms. The summed E-state index contributed by atoms with van der Waals surface area (Å²) in [5.41, 5.74) is -15.0. The van der Waals surface area contributed by atoms with Crippen LogP contribution in [0.5, 0.6) is 0 Å². The number of ether oxygens (including phenoxy) is 12. The van der Waals surface area contributed by atoms with E-state index in [1.807, 2.05) is 48.5 Å². The van der Waals surface area contributed by atoms with Gasteiger partial charge in [0.05, 0.1) is 60.5 Å². The van der Waals surface area contributed by atoms with Gasteiger partial charge in [-0.25, -0.2) is 28.8 Å². The van der Waals surface area contributed by atoms with Crippen molar-refractivity contribution in [2.75, 3.05) is 13.2 Å². The summed E-state index contributed by atoms with van der Waals surface area (Å²) in [5.74, 6) is -9.56. The molecule has 2 saturated heterocycles. The van der Waals surface area contributed by atoms with Crippen molar-refractivity contribution in [2.24, 2.45) is 45.3 Å². The molecule has 6 aliphatic carbocycles. The molecular weight excluding hydrogens is 1740 g/mol. The van der Waals surface area contributed by atoms with Crippen LogP contribution in [0.1, 0.15) is 253 Å². The first-order valence-electron chi connectivity index (χ1n) is 47.0. The molecule has 4 bridgehead atoms. The Bertz CT molecular complexity index is 4540. The Morgan fingerprint density at radius 3 is 1.21 bits per heavy atom. The SMILES string of the molecule is CC(=O)O[C@H]1C2=C(C)[C@@H](OC(=O)C(O)[C@H](CC(C)C)NC(=O)OC(C)(C)C)C[C@@](O)([C@@H](OC(=O)c3ccccc3)[C@@H]3[C@]4(OC(C)=O)CO[C@@H]4C[C@H](O)[C@@]3(C)[C@H]1O)C2(C)C.CC[Si](CC)(CC)OC(C(=O)O[C@H]1C[C@@]2(O)[C@@H](OC(=O)c3ccccc3)[C@@H]3[C@]4(OC(C)=O)CO[C@@H]4C[C@H](O[Si](CC)(CC)CC)[C@@]3(C)[C@@H](O)[C@@H](OC(C)=O)C(=C1C)C2(C)C)[C@H](CC(C)C)NC(=O)OC(C)(C)C. The molecule has 4 saturated carbocycles. The molecule has 2 amide bonds. The number of fused-ring (bicyclic) bond motifs is 10. The van der Waals surface area contributed by atoms with E-state index < -0.39 is 248 Å². The number of hydrogen-bond acceptors (Lipinski definition) is 30. The second-order valence-electron chi connectivity index (χ2n) is 42.1. The van der Waals surface area contributed by atoms with Crippen molar-refractivity contribution in [3.8, 4) is 0 Å². The topological polar surface area (TPSA) is 445 Å². The van der Waals surface area contributed by atoms with E-state index in [-0.39, 0.29) is 78.6 Å². The molecule has 0 aromatic heterocycles. The highest BCUT2D eigenvalue weighted by Gasteiger charge is 2.81. The molecule has 2 aromatic rings. The van der Waals surface area contributed by atoms with E-state index in [0.717, 1.165) is 25.1 Å². The minimum Gasteiger partial charge on any atom is -0.456 e. The van der Waals surface area contributed by atoms with Gasteiger partial charge in [0.15, 0.2) is 52.3 Å². The fraction of sp³-hybridized carbons (Fsp3) is 0.735. The van der Waals surface area contributed by atoms with Crippen LogP contribution in [0.15, 0.2) is 83.0 Å². The van der Waals surface area contributed by atoms with Crippen LogP contribution >= 0.6 is 0 Å². The molecule has 32 nitrogen and oxygen atoms in total. The van der Waals surface area contributed by atoms with Gasteiger partial charge in [0.25, 0.3) is 0 Å². The lowest BCUT2D eigenvalue weighted by molar-refractivity contribution is -0.365. The van der Waals surface area contributed by atoms with Gasteiger partial charge in [-0.05, 0) is 163 Å². The predicted molar refractivity (Wildman–Crippen MR) is 489 cm³/mol. The number of benzene rings is 2. The third kappa shape index (κ3) is 21.0. The molecule has 2 aromatic carbocycles. The van der Waals surface area contributed by atoms with E-state index in [1.165, 1.54) is 39.8 Å². The second-order valence-corrected chi connectivity index (χ2v) is 51.5. The van der Waals surface area contributed by atoms with Crippen LogP contribution in [0.3, 0.4) is 0 Å². The minimum absolute atomic E-state index is 0.0289. The number of esters is 8. The summed E-state index contributed by atoms with van der Waals surface area (Å²) in [5, 5.41) is 83.5. The van der Waals surface area contributed by atoms with Crippen LogP contribution in [-0.2, 0) is 94.5 Å². The van der Waals surface area contributed by atoms with Crippen molar-refractivity contribution in [3.63, 3.8) is 0 Å². The molecule has 10 rings (SSSR count). The highest BCUT2D eigenvalue weighted by atomic mass is 28.4. The number of alkyl carbamates (subject to hydrolysis) is 2. The Balaban J connectivity index is 0.000000304. The van der Waals surface area contributed by atoms with Gasteiger partial charge in [0, 0.05) is 75.0 Å². The van der Waals surface area contributed by atoms with Crippen molar-refractivity contribution in [2.45, 2.75) is 400 Å². The Kier molecular flexibility index (Phi) is 33.4. The zero-order valence-corrected chi connectivity index (χ0v) is 84.7. The van der Waals surface area contributed by atoms with Gasteiger partial charge in [0.2, 0.25) is 0 Å². The molecule has 2 unspecified atom stereocenters. The first-order chi connectivity index (χ1) is 61.1. The van der Waals surface area contributed by atoms with Crippen LogP contribution < -0.4 is 10.6 Å². The average molecular weight is 1890 g/mol. The zero-order valence-electron chi connectivity index (χ0n) is 82.7. The maximum atomic E-state index is 15.5. The van der Waals surface area contributed by atoms with Crippen molar-refractivity contribution in [1.29, 1.82) is 0 Å². The predicted octanol–water partition coefficient (Wildman–Crippen LogP) is 12.7. The molecule has 0 radical (unpaired) electrons. The van der Waals surface area contributed by atoms with Gasteiger partial charge >= 0.3 is 59.9 Å². The Morgan fingerprint density at radius 1 is 0.492 bits per heavy atom. The number of nitrogens with one attached hydrogen (secondary N) is 2. The van der Waals surface area contributed by atoms with Crippen LogP contribution in [0, 0.1) is 45.3 Å². The average Bonchev–Trinajstić information content (AvgIpc) is 0.670. The lowest BCUT2D eigenvalue weighted by atomic mass is 9.44. The van der Waals surface area contributed by atoms with Crippen molar-refractivity contribution < 1.29 is 144 Å². The summed E-state index contributed by atoms with van der Waals surface area (Å²) in [7, 11) is -5.26. The standard InChI is InChI=1S/C55H89NO15Si2.C43H61NO15/c1-18-72(19-2,20-3)70-40-30-41-54(32-64-41,68-36(11)58)45-47(67-48(60)37-27-25-24-26-28-37)55(63)31-39(34(9)42(52(55,15)16)44(65-35(10)57)46(59)53(40,45)17)66-49(61)43(71-73(21-4,22-5)23-6)38(29-33(7)8)56-50(62)69-51(12,13)14;1-21(2)17-26(44-38(52)59-39(6,7)8)31(48)37(51)56-27-19-43(53)35(57-36(50)25-15-13-12-14-16-25)33-41(11,28(47)18-29-42(33,20-54-29)58-24(5)46)34(49)32(55-23(4)45)30(22(27)3)40(43,9)10/h24-28,33,38-41,43-47,59,63H,18-23,29-32H2,1-17H3,(H,56,62);12-16,21,26-29,31-35,47-49,53H,17-20H2,1-11H3,(H,44,52)/t38-,39-,40-,41+,43?,44-,45-,46-,47-,53+,54-,55+;26-,27-,28-,29+,31?,32-,33-,34-,35-,41+,42-,43+/m00/s1.